The zero-order chi connectivity index (χ0) is 15.7. The molecule has 5 nitrogen and oxygen atoms in total. The van der Waals surface area contributed by atoms with E-state index in [0.717, 1.165) is 18.4 Å². The zero-order valence-electron chi connectivity index (χ0n) is 13.1. The second kappa shape index (κ2) is 8.89. The number of benzene rings is 1. The lowest BCUT2D eigenvalue weighted by Crippen LogP contribution is -2.21. The number of carbonyl (C=O) groups excluding carboxylic acids is 1. The van der Waals surface area contributed by atoms with Gasteiger partial charge in [-0.25, -0.2) is 0 Å². The number of ether oxygens (including phenoxy) is 3. The number of carbonyl (C=O) groups is 1. The van der Waals surface area contributed by atoms with Crippen LogP contribution in [0.2, 0.25) is 0 Å². The van der Waals surface area contributed by atoms with E-state index in [0.29, 0.717) is 23.8 Å². The van der Waals surface area contributed by atoms with Crippen LogP contribution in [-0.2, 0) is 4.79 Å². The minimum atomic E-state index is -0.125. The first kappa shape index (κ1) is 16.9. The molecule has 1 aromatic carbocycles. The Morgan fingerprint density at radius 1 is 1.14 bits per heavy atom. The normalized spacial score (nSPS) is 10.5. The lowest BCUT2D eigenvalue weighted by molar-refractivity contribution is -0.116. The highest BCUT2D eigenvalue weighted by atomic mass is 16.5. The van der Waals surface area contributed by atoms with Gasteiger partial charge in [0.25, 0.3) is 0 Å². The molecule has 0 spiro atoms. The Morgan fingerprint density at radius 3 is 2.43 bits per heavy atom. The molecule has 1 rings (SSSR count). The molecule has 1 amide bonds. The van der Waals surface area contributed by atoms with Crippen LogP contribution in [0.5, 0.6) is 17.2 Å². The third-order valence-electron chi connectivity index (χ3n) is 2.98. The van der Waals surface area contributed by atoms with E-state index in [2.05, 4.69) is 12.2 Å². The molecule has 0 aliphatic rings. The second-order valence-electron chi connectivity index (χ2n) is 4.40. The fourth-order valence-corrected chi connectivity index (χ4v) is 1.87. The Labute approximate surface area is 125 Å². The van der Waals surface area contributed by atoms with Crippen molar-refractivity contribution in [3.05, 3.63) is 23.8 Å². The van der Waals surface area contributed by atoms with Gasteiger partial charge in [0.15, 0.2) is 11.5 Å². The highest BCUT2D eigenvalue weighted by molar-refractivity contribution is 5.92. The van der Waals surface area contributed by atoms with Crippen molar-refractivity contribution in [2.24, 2.45) is 0 Å². The van der Waals surface area contributed by atoms with Crippen molar-refractivity contribution in [3.8, 4) is 17.2 Å². The molecule has 5 heteroatoms. The smallest absolute Gasteiger partial charge is 0.244 e. The fraction of sp³-hybridized carbons (Fsp3) is 0.438. The molecule has 0 aliphatic heterocycles. The topological polar surface area (TPSA) is 56.8 Å². The molecule has 0 saturated heterocycles. The van der Waals surface area contributed by atoms with E-state index >= 15 is 0 Å². The first-order chi connectivity index (χ1) is 10.2. The van der Waals surface area contributed by atoms with Crippen molar-refractivity contribution in [1.29, 1.82) is 0 Å². The molecule has 1 aromatic rings. The number of rotatable bonds is 8. The molecule has 0 radical (unpaired) electrons. The van der Waals surface area contributed by atoms with Gasteiger partial charge in [0.2, 0.25) is 11.7 Å². The van der Waals surface area contributed by atoms with Gasteiger partial charge in [-0.15, -0.1) is 0 Å². The third-order valence-corrected chi connectivity index (χ3v) is 2.98. The molecule has 0 atom stereocenters. The molecule has 0 unspecified atom stereocenters. The molecule has 0 saturated carbocycles. The van der Waals surface area contributed by atoms with Gasteiger partial charge < -0.3 is 19.5 Å². The van der Waals surface area contributed by atoms with Crippen LogP contribution in [0.4, 0.5) is 0 Å². The summed E-state index contributed by atoms with van der Waals surface area (Å²) in [5.41, 5.74) is 0.751. The van der Waals surface area contributed by atoms with E-state index in [1.807, 2.05) is 6.07 Å². The van der Waals surface area contributed by atoms with E-state index in [-0.39, 0.29) is 5.91 Å². The summed E-state index contributed by atoms with van der Waals surface area (Å²) in [7, 11) is 4.66. The van der Waals surface area contributed by atoms with Gasteiger partial charge in [0.1, 0.15) is 0 Å². The highest BCUT2D eigenvalue weighted by Gasteiger charge is 2.14. The highest BCUT2D eigenvalue weighted by Crippen LogP contribution is 2.40. The Balaban J connectivity index is 2.90. The first-order valence-corrected chi connectivity index (χ1v) is 6.92. The summed E-state index contributed by atoms with van der Waals surface area (Å²) in [6.07, 6.45) is 5.20. The average molecular weight is 293 g/mol. The predicted octanol–water partition coefficient (Wildman–Crippen LogP) is 2.64. The number of hydrogen-bond acceptors (Lipinski definition) is 4. The lowest BCUT2D eigenvalue weighted by Gasteiger charge is -2.13. The van der Waals surface area contributed by atoms with E-state index < -0.39 is 0 Å². The van der Waals surface area contributed by atoms with E-state index in [1.165, 1.54) is 6.08 Å². The summed E-state index contributed by atoms with van der Waals surface area (Å²) in [5.74, 6) is 1.50. The van der Waals surface area contributed by atoms with Crippen molar-refractivity contribution in [2.75, 3.05) is 27.9 Å². The summed E-state index contributed by atoms with van der Waals surface area (Å²) >= 11 is 0. The van der Waals surface area contributed by atoms with Gasteiger partial charge in [-0.05, 0) is 24.6 Å². The molecule has 0 aliphatic carbocycles. The number of hydrogen-bond donors (Lipinski definition) is 1. The molecular formula is C16H23NO4. The second-order valence-corrected chi connectivity index (χ2v) is 4.40. The van der Waals surface area contributed by atoms with E-state index in [4.69, 9.17) is 14.2 Å². The van der Waals surface area contributed by atoms with Crippen molar-refractivity contribution in [1.82, 2.24) is 5.32 Å². The quantitative estimate of drug-likeness (QED) is 0.591. The molecule has 0 aromatic heterocycles. The number of methoxy groups -OCH3 is 3. The zero-order valence-corrected chi connectivity index (χ0v) is 13.1. The summed E-state index contributed by atoms with van der Waals surface area (Å²) in [5, 5.41) is 2.82. The van der Waals surface area contributed by atoms with Gasteiger partial charge in [-0.1, -0.05) is 13.3 Å². The maximum absolute atomic E-state index is 11.7. The van der Waals surface area contributed by atoms with Crippen molar-refractivity contribution in [2.45, 2.75) is 19.8 Å². The Morgan fingerprint density at radius 2 is 1.86 bits per heavy atom. The summed E-state index contributed by atoms with van der Waals surface area (Å²) in [6, 6.07) is 3.59. The van der Waals surface area contributed by atoms with Crippen molar-refractivity contribution < 1.29 is 19.0 Å². The first-order valence-electron chi connectivity index (χ1n) is 6.92. The maximum atomic E-state index is 11.7. The van der Waals surface area contributed by atoms with Gasteiger partial charge in [0, 0.05) is 18.2 Å². The largest absolute Gasteiger partial charge is 0.493 e. The summed E-state index contributed by atoms with van der Waals surface area (Å²) in [4.78, 5) is 11.7. The van der Waals surface area contributed by atoms with Crippen LogP contribution in [0.3, 0.4) is 0 Å². The van der Waals surface area contributed by atoms with E-state index in [1.54, 1.807) is 33.5 Å². The summed E-state index contributed by atoms with van der Waals surface area (Å²) < 4.78 is 15.9. The van der Waals surface area contributed by atoms with Gasteiger partial charge in [-0.3, -0.25) is 4.79 Å². The summed E-state index contributed by atoms with van der Waals surface area (Å²) in [6.45, 7) is 2.76. The van der Waals surface area contributed by atoms with Crippen LogP contribution in [0, 0.1) is 0 Å². The minimum Gasteiger partial charge on any atom is -0.493 e. The molecule has 21 heavy (non-hydrogen) atoms. The van der Waals surface area contributed by atoms with Gasteiger partial charge in [-0.2, -0.15) is 0 Å². The minimum absolute atomic E-state index is 0.125. The molecule has 0 bridgehead atoms. The Bertz CT molecular complexity index is 497. The van der Waals surface area contributed by atoms with Crippen LogP contribution in [0.1, 0.15) is 25.3 Å². The van der Waals surface area contributed by atoms with Crippen molar-refractivity contribution >= 4 is 12.0 Å². The monoisotopic (exact) mass is 293 g/mol. The molecule has 1 N–H and O–H groups in total. The predicted molar refractivity (Wildman–Crippen MR) is 83.0 cm³/mol. The number of nitrogens with one attached hydrogen (secondary N) is 1. The van der Waals surface area contributed by atoms with Gasteiger partial charge >= 0.3 is 0 Å². The molecular weight excluding hydrogens is 270 g/mol. The lowest BCUT2D eigenvalue weighted by atomic mass is 10.1. The average Bonchev–Trinajstić information content (AvgIpc) is 2.51. The standard InChI is InChI=1S/C16H23NO4/c1-5-6-11-17-14(18)10-8-12-7-9-13(19-2)16(21-4)15(12)20-3/h7-10H,5-6,11H2,1-4H3,(H,17,18). The van der Waals surface area contributed by atoms with E-state index in [9.17, 15) is 4.79 Å². The molecule has 0 fully saturated rings. The van der Waals surface area contributed by atoms with Crippen molar-refractivity contribution in [3.63, 3.8) is 0 Å². The van der Waals surface area contributed by atoms with Crippen LogP contribution in [0.15, 0.2) is 18.2 Å². The maximum Gasteiger partial charge on any atom is 0.244 e. The Kier molecular flexibility index (Phi) is 7.15. The fourth-order valence-electron chi connectivity index (χ4n) is 1.87. The molecule has 0 heterocycles. The van der Waals surface area contributed by atoms with Crippen LogP contribution >= 0.6 is 0 Å². The Hall–Kier alpha value is -2.17. The van der Waals surface area contributed by atoms with Gasteiger partial charge in [0.05, 0.1) is 21.3 Å². The number of unbranched alkanes of at least 4 members (excludes halogenated alkanes) is 1. The SMILES string of the molecule is CCCCNC(=O)C=Cc1ccc(OC)c(OC)c1OC. The number of amides is 1. The molecule has 116 valence electrons. The van der Waals surface area contributed by atoms with Crippen LogP contribution < -0.4 is 19.5 Å². The van der Waals surface area contributed by atoms with Crippen LogP contribution in [-0.4, -0.2) is 33.8 Å². The third kappa shape index (κ3) is 4.70. The van der Waals surface area contributed by atoms with Crippen LogP contribution in [0.25, 0.3) is 6.08 Å².